The van der Waals surface area contributed by atoms with Crippen molar-refractivity contribution in [2.75, 3.05) is 19.0 Å². The first-order chi connectivity index (χ1) is 13.7. The Bertz CT molecular complexity index is 1090. The van der Waals surface area contributed by atoms with Crippen molar-refractivity contribution in [3.8, 4) is 22.8 Å². The highest BCUT2D eigenvalue weighted by Gasteiger charge is 2.12. The van der Waals surface area contributed by atoms with Crippen LogP contribution in [0.1, 0.15) is 17.3 Å². The summed E-state index contributed by atoms with van der Waals surface area (Å²) in [4.78, 5) is 18.1. The van der Waals surface area contributed by atoms with Gasteiger partial charge in [-0.05, 0) is 37.3 Å². The van der Waals surface area contributed by atoms with E-state index in [1.54, 1.807) is 36.6 Å². The number of fused-ring (bicyclic) bond motifs is 1. The summed E-state index contributed by atoms with van der Waals surface area (Å²) in [6.07, 6.45) is 3.97. The smallest absolute Gasteiger partial charge is 0.255 e. The lowest BCUT2D eigenvalue weighted by molar-refractivity contribution is 0.102. The minimum atomic E-state index is -0.209. The molecule has 1 N–H and O–H groups in total. The van der Waals surface area contributed by atoms with E-state index >= 15 is 0 Å². The Morgan fingerprint density at radius 3 is 2.71 bits per heavy atom. The van der Waals surface area contributed by atoms with Gasteiger partial charge in [-0.25, -0.2) is 4.98 Å². The van der Waals surface area contributed by atoms with E-state index in [0.717, 1.165) is 16.2 Å². The summed E-state index contributed by atoms with van der Waals surface area (Å²) in [6.45, 7) is 2.38. The number of thiazole rings is 1. The van der Waals surface area contributed by atoms with Crippen LogP contribution in [-0.2, 0) is 0 Å². The number of rotatable bonds is 6. The zero-order valence-electron chi connectivity index (χ0n) is 15.5. The van der Waals surface area contributed by atoms with Crippen LogP contribution in [0.25, 0.3) is 16.2 Å². The van der Waals surface area contributed by atoms with Crippen molar-refractivity contribution in [2.45, 2.75) is 6.92 Å². The van der Waals surface area contributed by atoms with E-state index < -0.39 is 0 Å². The summed E-state index contributed by atoms with van der Waals surface area (Å²) in [5, 5.41) is 4.91. The van der Waals surface area contributed by atoms with Crippen LogP contribution in [0.4, 0.5) is 5.69 Å². The molecule has 6 nitrogen and oxygen atoms in total. The molecule has 1 amide bonds. The number of aromatic nitrogens is 2. The van der Waals surface area contributed by atoms with E-state index in [1.807, 2.05) is 53.4 Å². The predicted octanol–water partition coefficient (Wildman–Crippen LogP) is 4.72. The van der Waals surface area contributed by atoms with Crippen molar-refractivity contribution in [3.63, 3.8) is 0 Å². The van der Waals surface area contributed by atoms with Gasteiger partial charge in [-0.2, -0.15) is 0 Å². The van der Waals surface area contributed by atoms with Gasteiger partial charge in [0.1, 0.15) is 0 Å². The minimum Gasteiger partial charge on any atom is -0.493 e. The second-order valence-corrected chi connectivity index (χ2v) is 6.92. The van der Waals surface area contributed by atoms with Crippen LogP contribution >= 0.6 is 11.3 Å². The summed E-state index contributed by atoms with van der Waals surface area (Å²) in [7, 11) is 1.57. The van der Waals surface area contributed by atoms with Crippen molar-refractivity contribution in [1.29, 1.82) is 0 Å². The molecule has 2 heterocycles. The van der Waals surface area contributed by atoms with Crippen molar-refractivity contribution < 1.29 is 14.3 Å². The van der Waals surface area contributed by atoms with Gasteiger partial charge >= 0.3 is 0 Å². The fourth-order valence-corrected chi connectivity index (χ4v) is 3.58. The van der Waals surface area contributed by atoms with E-state index in [1.165, 1.54) is 0 Å². The molecule has 0 fully saturated rings. The molecule has 2 aromatic heterocycles. The molecule has 0 spiro atoms. The summed E-state index contributed by atoms with van der Waals surface area (Å²) in [5.74, 6) is 0.939. The fourth-order valence-electron chi connectivity index (χ4n) is 2.88. The Kier molecular flexibility index (Phi) is 4.99. The first-order valence-corrected chi connectivity index (χ1v) is 9.70. The second-order valence-electron chi connectivity index (χ2n) is 6.05. The monoisotopic (exact) mass is 393 g/mol. The van der Waals surface area contributed by atoms with E-state index in [2.05, 4.69) is 10.3 Å². The molecule has 4 rings (SSSR count). The maximum absolute atomic E-state index is 12.6. The number of hydrogen-bond acceptors (Lipinski definition) is 5. The molecular weight excluding hydrogens is 374 g/mol. The van der Waals surface area contributed by atoms with Gasteiger partial charge < -0.3 is 14.8 Å². The summed E-state index contributed by atoms with van der Waals surface area (Å²) in [5.41, 5.74) is 3.12. The third kappa shape index (κ3) is 3.57. The number of methoxy groups -OCH3 is 1. The van der Waals surface area contributed by atoms with Crippen LogP contribution in [0.2, 0.25) is 0 Å². The van der Waals surface area contributed by atoms with Crippen LogP contribution in [-0.4, -0.2) is 29.0 Å². The molecule has 0 aliphatic heterocycles. The molecule has 0 saturated carbocycles. The molecule has 4 aromatic rings. The second kappa shape index (κ2) is 7.74. The van der Waals surface area contributed by atoms with Crippen molar-refractivity contribution in [2.24, 2.45) is 0 Å². The van der Waals surface area contributed by atoms with E-state index in [4.69, 9.17) is 9.47 Å². The molecule has 0 atom stereocenters. The first-order valence-electron chi connectivity index (χ1n) is 8.82. The highest BCUT2D eigenvalue weighted by molar-refractivity contribution is 7.15. The maximum atomic E-state index is 12.6. The lowest BCUT2D eigenvalue weighted by Gasteiger charge is -2.11. The number of nitrogens with zero attached hydrogens (tertiary/aromatic N) is 2. The largest absolute Gasteiger partial charge is 0.493 e. The number of carbonyl (C=O) groups is 1. The quantitative estimate of drug-likeness (QED) is 0.515. The number of amides is 1. The SMILES string of the molecule is CCOc1cc(C(=O)Nc2ccc(-c3cn4ccsc4n3)cc2)ccc1OC. The summed E-state index contributed by atoms with van der Waals surface area (Å²) >= 11 is 1.59. The van der Waals surface area contributed by atoms with Crippen molar-refractivity contribution in [1.82, 2.24) is 9.38 Å². The molecule has 0 bridgehead atoms. The average molecular weight is 393 g/mol. The molecule has 0 saturated heterocycles. The third-order valence-electron chi connectivity index (χ3n) is 4.26. The summed E-state index contributed by atoms with van der Waals surface area (Å²) < 4.78 is 12.8. The number of anilines is 1. The predicted molar refractivity (Wildman–Crippen MR) is 111 cm³/mol. The number of nitrogens with one attached hydrogen (secondary N) is 1. The van der Waals surface area contributed by atoms with Gasteiger partial charge in [0.05, 0.1) is 19.4 Å². The lowest BCUT2D eigenvalue weighted by atomic mass is 10.1. The molecule has 28 heavy (non-hydrogen) atoms. The Morgan fingerprint density at radius 1 is 1.18 bits per heavy atom. The average Bonchev–Trinajstić information content (AvgIpc) is 3.31. The molecule has 142 valence electrons. The minimum absolute atomic E-state index is 0.209. The molecule has 2 aromatic carbocycles. The van der Waals surface area contributed by atoms with Gasteiger partial charge in [0, 0.05) is 34.6 Å². The van der Waals surface area contributed by atoms with Gasteiger partial charge in [0.25, 0.3) is 5.91 Å². The molecule has 0 radical (unpaired) electrons. The van der Waals surface area contributed by atoms with E-state index in [9.17, 15) is 4.79 Å². The van der Waals surface area contributed by atoms with E-state index in [-0.39, 0.29) is 5.91 Å². The molecule has 0 aliphatic carbocycles. The molecule has 7 heteroatoms. The van der Waals surface area contributed by atoms with Gasteiger partial charge in [-0.1, -0.05) is 12.1 Å². The topological polar surface area (TPSA) is 64.9 Å². The fraction of sp³-hybridized carbons (Fsp3) is 0.143. The first kappa shape index (κ1) is 18.1. The third-order valence-corrected chi connectivity index (χ3v) is 5.03. The summed E-state index contributed by atoms with van der Waals surface area (Å²) in [6, 6.07) is 12.8. The van der Waals surface area contributed by atoms with Crippen LogP contribution in [0, 0.1) is 0 Å². The van der Waals surface area contributed by atoms with Crippen LogP contribution < -0.4 is 14.8 Å². The molecule has 0 aliphatic rings. The number of carbonyl (C=O) groups excluding carboxylic acids is 1. The van der Waals surface area contributed by atoms with Gasteiger partial charge in [0.2, 0.25) is 0 Å². The number of ether oxygens (including phenoxy) is 2. The van der Waals surface area contributed by atoms with Crippen LogP contribution in [0.15, 0.2) is 60.2 Å². The van der Waals surface area contributed by atoms with Gasteiger partial charge in [-0.3, -0.25) is 9.20 Å². The van der Waals surface area contributed by atoms with Gasteiger partial charge in [0.15, 0.2) is 16.5 Å². The normalized spacial score (nSPS) is 10.8. The Balaban J connectivity index is 1.50. The Morgan fingerprint density at radius 2 is 2.00 bits per heavy atom. The highest BCUT2D eigenvalue weighted by atomic mass is 32.1. The Labute approximate surface area is 166 Å². The van der Waals surface area contributed by atoms with Crippen molar-refractivity contribution in [3.05, 3.63) is 65.8 Å². The van der Waals surface area contributed by atoms with Crippen LogP contribution in [0.3, 0.4) is 0 Å². The maximum Gasteiger partial charge on any atom is 0.255 e. The van der Waals surface area contributed by atoms with E-state index in [0.29, 0.717) is 29.4 Å². The number of benzene rings is 2. The standard InChI is InChI=1S/C21H19N3O3S/c1-3-27-19-12-15(6-9-18(19)26-2)20(25)22-16-7-4-14(5-8-16)17-13-24-10-11-28-21(24)23-17/h4-13H,3H2,1-2H3,(H,22,25). The highest BCUT2D eigenvalue weighted by Crippen LogP contribution is 2.29. The Hall–Kier alpha value is -3.32. The zero-order valence-corrected chi connectivity index (χ0v) is 16.3. The van der Waals surface area contributed by atoms with Crippen LogP contribution in [0.5, 0.6) is 11.5 Å². The number of imidazole rings is 1. The lowest BCUT2D eigenvalue weighted by Crippen LogP contribution is -2.12. The van der Waals surface area contributed by atoms with Crippen molar-refractivity contribution >= 4 is 27.9 Å². The number of hydrogen-bond donors (Lipinski definition) is 1. The van der Waals surface area contributed by atoms with Gasteiger partial charge in [-0.15, -0.1) is 11.3 Å². The zero-order chi connectivity index (χ0) is 19.5. The molecule has 0 unspecified atom stereocenters. The molecular formula is C21H19N3O3S.